The van der Waals surface area contributed by atoms with Gasteiger partial charge < -0.3 is 14.2 Å². The number of carbonyl (C=O) groups is 2. The smallest absolute Gasteiger partial charge is 0.338 e. The van der Waals surface area contributed by atoms with E-state index in [4.69, 9.17) is 14.2 Å². The van der Waals surface area contributed by atoms with Gasteiger partial charge in [0.05, 0.1) is 18.7 Å². The Bertz CT molecular complexity index is 586. The van der Waals surface area contributed by atoms with Crippen molar-refractivity contribution < 1.29 is 23.8 Å². The quantitative estimate of drug-likeness (QED) is 0.711. The lowest BCUT2D eigenvalue weighted by atomic mass is 10.1. The minimum absolute atomic E-state index is 0.124. The molecule has 0 N–H and O–H groups in total. The molecule has 0 bridgehead atoms. The first kappa shape index (κ1) is 18.0. The van der Waals surface area contributed by atoms with Gasteiger partial charge in [-0.3, -0.25) is 9.80 Å². The van der Waals surface area contributed by atoms with Crippen molar-refractivity contribution in [3.63, 3.8) is 0 Å². The average molecular weight is 334 g/mol. The van der Waals surface area contributed by atoms with Crippen LogP contribution in [-0.4, -0.2) is 68.7 Å². The fourth-order valence-corrected chi connectivity index (χ4v) is 2.52. The van der Waals surface area contributed by atoms with Crippen molar-refractivity contribution in [1.82, 2.24) is 9.80 Å². The van der Waals surface area contributed by atoms with Crippen LogP contribution in [0, 0.1) is 0 Å². The van der Waals surface area contributed by atoms with Gasteiger partial charge in [0, 0.05) is 14.2 Å². The van der Waals surface area contributed by atoms with Crippen LogP contribution < -0.4 is 0 Å². The third-order valence-electron chi connectivity index (χ3n) is 3.59. The first-order chi connectivity index (χ1) is 11.6. The molecule has 0 saturated carbocycles. The lowest BCUT2D eigenvalue weighted by Gasteiger charge is -2.38. The second-order valence-corrected chi connectivity index (χ2v) is 5.42. The lowest BCUT2D eigenvalue weighted by molar-refractivity contribution is -0.0401. The van der Waals surface area contributed by atoms with Gasteiger partial charge in [0.2, 0.25) is 0 Å². The van der Waals surface area contributed by atoms with Crippen LogP contribution in [0.15, 0.2) is 30.8 Å². The minimum atomic E-state index is -0.465. The predicted molar refractivity (Wildman–Crippen MR) is 88.3 cm³/mol. The fourth-order valence-electron chi connectivity index (χ4n) is 2.52. The van der Waals surface area contributed by atoms with E-state index < -0.39 is 12.1 Å². The molecule has 1 saturated heterocycles. The molecule has 0 aromatic heterocycles. The van der Waals surface area contributed by atoms with E-state index in [1.807, 2.05) is 6.07 Å². The largest absolute Gasteiger partial charge is 0.455 e. The number of urea groups is 1. The van der Waals surface area contributed by atoms with Crippen LogP contribution in [0.25, 0.3) is 6.08 Å². The third kappa shape index (κ3) is 4.33. The summed E-state index contributed by atoms with van der Waals surface area (Å²) in [7, 11) is 3.01. The number of amides is 2. The van der Waals surface area contributed by atoms with Crippen molar-refractivity contribution in [3.8, 4) is 0 Å². The van der Waals surface area contributed by atoms with Gasteiger partial charge in [0.25, 0.3) is 0 Å². The van der Waals surface area contributed by atoms with E-state index in [9.17, 15) is 9.59 Å². The molecule has 1 aromatic carbocycles. The van der Waals surface area contributed by atoms with Gasteiger partial charge in [0.1, 0.15) is 19.6 Å². The summed E-state index contributed by atoms with van der Waals surface area (Å²) in [6, 6.07) is 6.81. The number of carbonyl (C=O) groups excluding carboxylic acids is 2. The molecule has 2 rings (SSSR count). The van der Waals surface area contributed by atoms with Crippen LogP contribution >= 0.6 is 0 Å². The van der Waals surface area contributed by atoms with Crippen molar-refractivity contribution in [1.29, 1.82) is 0 Å². The standard InChI is InChI=1S/C17H22N2O5/c1-4-13-6-5-7-14(8-13)16(20)24-15-9-18(11-22-2)17(21)19(10-15)12-23-3/h4-8,15H,1,9-12H2,2-3H3. The summed E-state index contributed by atoms with van der Waals surface area (Å²) in [5.41, 5.74) is 1.28. The molecular weight excluding hydrogens is 312 g/mol. The summed E-state index contributed by atoms with van der Waals surface area (Å²) in [5.74, 6) is -0.437. The first-order valence-electron chi connectivity index (χ1n) is 7.54. The monoisotopic (exact) mass is 334 g/mol. The van der Waals surface area contributed by atoms with Crippen LogP contribution in [0.3, 0.4) is 0 Å². The van der Waals surface area contributed by atoms with E-state index in [1.54, 1.807) is 24.3 Å². The van der Waals surface area contributed by atoms with Crippen LogP contribution in [0.1, 0.15) is 15.9 Å². The van der Waals surface area contributed by atoms with E-state index in [1.165, 1.54) is 24.0 Å². The Labute approximate surface area is 141 Å². The maximum atomic E-state index is 12.4. The Morgan fingerprint density at radius 1 is 1.25 bits per heavy atom. The highest BCUT2D eigenvalue weighted by Gasteiger charge is 2.33. The zero-order chi connectivity index (χ0) is 17.5. The maximum absolute atomic E-state index is 12.4. The van der Waals surface area contributed by atoms with E-state index in [2.05, 4.69) is 6.58 Å². The summed E-state index contributed by atoms with van der Waals surface area (Å²) in [5, 5.41) is 0. The molecule has 0 spiro atoms. The number of hydrogen-bond acceptors (Lipinski definition) is 5. The SMILES string of the molecule is C=Cc1cccc(C(=O)OC2CN(COC)C(=O)N(COC)C2)c1. The summed E-state index contributed by atoms with van der Waals surface area (Å²) in [4.78, 5) is 27.5. The Morgan fingerprint density at radius 2 is 1.88 bits per heavy atom. The highest BCUT2D eigenvalue weighted by atomic mass is 16.5. The molecule has 1 heterocycles. The van der Waals surface area contributed by atoms with Crippen LogP contribution in [-0.2, 0) is 14.2 Å². The van der Waals surface area contributed by atoms with Crippen LogP contribution in [0.2, 0.25) is 0 Å². The molecular formula is C17H22N2O5. The predicted octanol–water partition coefficient (Wildman–Crippen LogP) is 1.80. The molecule has 2 amide bonds. The Kier molecular flexibility index (Phi) is 6.34. The molecule has 7 nitrogen and oxygen atoms in total. The normalized spacial score (nSPS) is 15.5. The zero-order valence-electron chi connectivity index (χ0n) is 13.9. The topological polar surface area (TPSA) is 68.3 Å². The molecule has 130 valence electrons. The number of rotatable bonds is 7. The molecule has 0 radical (unpaired) electrons. The van der Waals surface area contributed by atoms with E-state index in [0.29, 0.717) is 5.56 Å². The van der Waals surface area contributed by atoms with Crippen molar-refractivity contribution >= 4 is 18.1 Å². The van der Waals surface area contributed by atoms with Gasteiger partial charge in [-0.1, -0.05) is 24.8 Å². The van der Waals surface area contributed by atoms with Gasteiger partial charge in [-0.2, -0.15) is 0 Å². The molecule has 1 aromatic rings. The summed E-state index contributed by atoms with van der Waals surface area (Å²) in [6.07, 6.45) is 1.20. The zero-order valence-corrected chi connectivity index (χ0v) is 13.9. The van der Waals surface area contributed by atoms with Crippen molar-refractivity contribution in [2.24, 2.45) is 0 Å². The number of methoxy groups -OCH3 is 2. The second-order valence-electron chi connectivity index (χ2n) is 5.42. The number of ether oxygens (including phenoxy) is 3. The van der Waals surface area contributed by atoms with Crippen LogP contribution in [0.5, 0.6) is 0 Å². The number of hydrogen-bond donors (Lipinski definition) is 0. The molecule has 24 heavy (non-hydrogen) atoms. The van der Waals surface area contributed by atoms with E-state index >= 15 is 0 Å². The van der Waals surface area contributed by atoms with Crippen molar-refractivity contribution in [2.75, 3.05) is 40.8 Å². The van der Waals surface area contributed by atoms with Gasteiger partial charge in [-0.05, 0) is 17.7 Å². The van der Waals surface area contributed by atoms with Crippen molar-refractivity contribution in [3.05, 3.63) is 42.0 Å². The van der Waals surface area contributed by atoms with E-state index in [0.717, 1.165) is 5.56 Å². The first-order valence-corrected chi connectivity index (χ1v) is 7.54. The van der Waals surface area contributed by atoms with Gasteiger partial charge in [0.15, 0.2) is 0 Å². The van der Waals surface area contributed by atoms with Crippen LogP contribution in [0.4, 0.5) is 4.79 Å². The maximum Gasteiger partial charge on any atom is 0.338 e. The molecule has 1 aliphatic rings. The van der Waals surface area contributed by atoms with Gasteiger partial charge in [-0.15, -0.1) is 0 Å². The lowest BCUT2D eigenvalue weighted by Crippen LogP contribution is -2.57. The number of esters is 1. The Hall–Kier alpha value is -2.38. The molecule has 0 atom stereocenters. The van der Waals surface area contributed by atoms with Crippen molar-refractivity contribution in [2.45, 2.75) is 6.10 Å². The number of benzene rings is 1. The average Bonchev–Trinajstić information content (AvgIpc) is 2.59. The molecule has 0 aliphatic carbocycles. The summed E-state index contributed by atoms with van der Waals surface area (Å²) >= 11 is 0. The highest BCUT2D eigenvalue weighted by molar-refractivity contribution is 5.90. The highest BCUT2D eigenvalue weighted by Crippen LogP contribution is 2.15. The Balaban J connectivity index is 2.07. The van der Waals surface area contributed by atoms with E-state index in [-0.39, 0.29) is 32.6 Å². The summed E-state index contributed by atoms with van der Waals surface area (Å²) < 4.78 is 15.6. The summed E-state index contributed by atoms with van der Waals surface area (Å²) in [6.45, 7) is 4.49. The molecule has 1 fully saturated rings. The fraction of sp³-hybridized carbons (Fsp3) is 0.412. The molecule has 0 unspecified atom stereocenters. The van der Waals surface area contributed by atoms with Gasteiger partial charge >= 0.3 is 12.0 Å². The Morgan fingerprint density at radius 3 is 2.42 bits per heavy atom. The second kappa shape index (κ2) is 8.47. The number of nitrogens with zero attached hydrogens (tertiary/aromatic N) is 2. The molecule has 7 heteroatoms. The molecule has 1 aliphatic heterocycles. The minimum Gasteiger partial charge on any atom is -0.455 e. The van der Waals surface area contributed by atoms with Gasteiger partial charge in [-0.25, -0.2) is 9.59 Å². The third-order valence-corrected chi connectivity index (χ3v) is 3.59.